The van der Waals surface area contributed by atoms with E-state index in [4.69, 9.17) is 28.9 Å². The van der Waals surface area contributed by atoms with E-state index in [9.17, 15) is 4.79 Å². The van der Waals surface area contributed by atoms with Crippen molar-refractivity contribution in [3.63, 3.8) is 0 Å². The molecule has 3 nitrogen and oxygen atoms in total. The van der Waals surface area contributed by atoms with Crippen molar-refractivity contribution >= 4 is 50.7 Å². The van der Waals surface area contributed by atoms with Crippen LogP contribution < -0.4 is 11.1 Å². The van der Waals surface area contributed by atoms with Crippen molar-refractivity contribution in [2.75, 3.05) is 5.32 Å². The van der Waals surface area contributed by atoms with Gasteiger partial charge in [-0.05, 0) is 34.5 Å². The van der Waals surface area contributed by atoms with Crippen LogP contribution in [0.1, 0.15) is 13.3 Å². The van der Waals surface area contributed by atoms with Crippen LogP contribution in [-0.4, -0.2) is 11.9 Å². The van der Waals surface area contributed by atoms with Gasteiger partial charge < -0.3 is 11.1 Å². The average molecular weight is 326 g/mol. The molecule has 3 N–H and O–H groups in total. The van der Waals surface area contributed by atoms with Crippen LogP contribution >= 0.6 is 39.1 Å². The van der Waals surface area contributed by atoms with E-state index in [1.54, 1.807) is 12.1 Å². The van der Waals surface area contributed by atoms with Crippen LogP contribution in [-0.2, 0) is 4.79 Å². The zero-order valence-electron chi connectivity index (χ0n) is 8.56. The Hall–Kier alpha value is -0.290. The quantitative estimate of drug-likeness (QED) is 0.836. The molecule has 1 atom stereocenters. The lowest BCUT2D eigenvalue weighted by atomic mass is 10.2. The van der Waals surface area contributed by atoms with Gasteiger partial charge in [0, 0.05) is 4.47 Å². The standard InChI is InChI=1S/C10H11BrCl2N2O/c1-2-6(14)10(16)15-7-4-3-5(11)8(12)9(7)13/h3-4,6H,2,14H2,1H3,(H,15,16)/t6-/m1/s1. The minimum Gasteiger partial charge on any atom is -0.323 e. The maximum absolute atomic E-state index is 11.5. The number of hydrogen-bond acceptors (Lipinski definition) is 2. The molecular formula is C10H11BrCl2N2O. The SMILES string of the molecule is CC[C@@H](N)C(=O)Nc1ccc(Br)c(Cl)c1Cl. The van der Waals surface area contributed by atoms with Crippen LogP contribution in [0.25, 0.3) is 0 Å². The molecule has 0 saturated carbocycles. The first-order valence-electron chi connectivity index (χ1n) is 4.67. The highest BCUT2D eigenvalue weighted by atomic mass is 79.9. The third-order valence-corrected chi connectivity index (χ3v) is 3.84. The highest BCUT2D eigenvalue weighted by molar-refractivity contribution is 9.10. The van der Waals surface area contributed by atoms with Gasteiger partial charge in [0.2, 0.25) is 5.91 Å². The van der Waals surface area contributed by atoms with E-state index in [-0.39, 0.29) is 5.91 Å². The molecule has 0 unspecified atom stereocenters. The molecule has 0 spiro atoms. The second-order valence-electron chi connectivity index (χ2n) is 3.23. The summed E-state index contributed by atoms with van der Waals surface area (Å²) in [6, 6.07) is 2.83. The predicted molar refractivity (Wildman–Crippen MR) is 71.1 cm³/mol. The molecule has 88 valence electrons. The van der Waals surface area contributed by atoms with Gasteiger partial charge in [0.05, 0.1) is 21.8 Å². The molecular weight excluding hydrogens is 315 g/mol. The summed E-state index contributed by atoms with van der Waals surface area (Å²) in [5.74, 6) is -0.275. The Morgan fingerprint density at radius 2 is 2.12 bits per heavy atom. The summed E-state index contributed by atoms with van der Waals surface area (Å²) in [6.07, 6.45) is 0.563. The molecule has 0 fully saturated rings. The predicted octanol–water partition coefficient (Wildman–Crippen LogP) is 3.43. The topological polar surface area (TPSA) is 55.1 Å². The van der Waals surface area contributed by atoms with Crippen LogP contribution in [0.2, 0.25) is 10.0 Å². The van der Waals surface area contributed by atoms with Crippen molar-refractivity contribution in [3.8, 4) is 0 Å². The lowest BCUT2D eigenvalue weighted by Gasteiger charge is -2.12. The van der Waals surface area contributed by atoms with E-state index in [0.717, 1.165) is 0 Å². The van der Waals surface area contributed by atoms with E-state index in [1.165, 1.54) is 0 Å². The number of hydrogen-bond donors (Lipinski definition) is 2. The maximum atomic E-state index is 11.5. The molecule has 0 aliphatic heterocycles. The lowest BCUT2D eigenvalue weighted by Crippen LogP contribution is -2.34. The molecule has 0 bridgehead atoms. The largest absolute Gasteiger partial charge is 0.323 e. The Morgan fingerprint density at radius 3 is 2.69 bits per heavy atom. The fraction of sp³-hybridized carbons (Fsp3) is 0.300. The van der Waals surface area contributed by atoms with Gasteiger partial charge in [0.25, 0.3) is 0 Å². The summed E-state index contributed by atoms with van der Waals surface area (Å²) in [5, 5.41) is 3.29. The van der Waals surface area contributed by atoms with Crippen LogP contribution in [0.4, 0.5) is 5.69 Å². The van der Waals surface area contributed by atoms with E-state index in [1.807, 2.05) is 6.92 Å². The van der Waals surface area contributed by atoms with Crippen molar-refractivity contribution in [1.82, 2.24) is 0 Å². The molecule has 0 aromatic heterocycles. The fourth-order valence-corrected chi connectivity index (χ4v) is 1.85. The van der Waals surface area contributed by atoms with E-state index < -0.39 is 6.04 Å². The second kappa shape index (κ2) is 5.87. The lowest BCUT2D eigenvalue weighted by molar-refractivity contribution is -0.117. The molecule has 1 aromatic rings. The number of carbonyl (C=O) groups is 1. The third kappa shape index (κ3) is 3.10. The fourth-order valence-electron chi connectivity index (χ4n) is 1.03. The molecule has 1 amide bonds. The number of rotatable bonds is 3. The number of benzene rings is 1. The first-order chi connectivity index (χ1) is 7.47. The Balaban J connectivity index is 2.91. The van der Waals surface area contributed by atoms with Gasteiger partial charge in [0.1, 0.15) is 0 Å². The van der Waals surface area contributed by atoms with E-state index >= 15 is 0 Å². The molecule has 0 aliphatic rings. The zero-order valence-corrected chi connectivity index (χ0v) is 11.7. The minimum atomic E-state index is -0.543. The van der Waals surface area contributed by atoms with Crippen molar-refractivity contribution in [2.24, 2.45) is 5.73 Å². The highest BCUT2D eigenvalue weighted by Crippen LogP contribution is 2.35. The number of anilines is 1. The molecule has 6 heteroatoms. The Labute approximate surface area is 112 Å². The number of nitrogens with two attached hydrogens (primary N) is 1. The third-order valence-electron chi connectivity index (χ3n) is 2.07. The second-order valence-corrected chi connectivity index (χ2v) is 4.84. The summed E-state index contributed by atoms with van der Waals surface area (Å²) in [7, 11) is 0. The Kier molecular flexibility index (Phi) is 5.05. The maximum Gasteiger partial charge on any atom is 0.241 e. The number of nitrogens with one attached hydrogen (secondary N) is 1. The molecule has 0 aliphatic carbocycles. The summed E-state index contributed by atoms with van der Waals surface area (Å²) >= 11 is 15.1. The van der Waals surface area contributed by atoms with E-state index in [0.29, 0.717) is 26.6 Å². The summed E-state index contributed by atoms with van der Waals surface area (Å²) in [6.45, 7) is 1.83. The molecule has 16 heavy (non-hydrogen) atoms. The summed E-state index contributed by atoms with van der Waals surface area (Å²) < 4.78 is 0.678. The van der Waals surface area contributed by atoms with Gasteiger partial charge in [-0.2, -0.15) is 0 Å². The first-order valence-corrected chi connectivity index (χ1v) is 6.22. The number of carbonyl (C=O) groups excluding carboxylic acids is 1. The summed E-state index contributed by atoms with van der Waals surface area (Å²) in [5.41, 5.74) is 6.05. The first kappa shape index (κ1) is 13.8. The zero-order chi connectivity index (χ0) is 12.3. The van der Waals surface area contributed by atoms with Gasteiger partial charge in [-0.15, -0.1) is 0 Å². The molecule has 1 rings (SSSR count). The highest BCUT2D eigenvalue weighted by Gasteiger charge is 2.14. The monoisotopic (exact) mass is 324 g/mol. The average Bonchev–Trinajstić information content (AvgIpc) is 2.28. The Bertz CT molecular complexity index is 412. The number of halogens is 3. The molecule has 0 heterocycles. The van der Waals surface area contributed by atoms with Crippen LogP contribution in [0.5, 0.6) is 0 Å². The molecule has 0 saturated heterocycles. The van der Waals surface area contributed by atoms with Crippen LogP contribution in [0, 0.1) is 0 Å². The smallest absolute Gasteiger partial charge is 0.241 e. The summed E-state index contributed by atoms with van der Waals surface area (Å²) in [4.78, 5) is 11.5. The van der Waals surface area contributed by atoms with Gasteiger partial charge in [0.15, 0.2) is 0 Å². The van der Waals surface area contributed by atoms with Crippen molar-refractivity contribution in [3.05, 3.63) is 26.7 Å². The van der Waals surface area contributed by atoms with Crippen molar-refractivity contribution in [1.29, 1.82) is 0 Å². The van der Waals surface area contributed by atoms with Gasteiger partial charge in [-0.1, -0.05) is 30.1 Å². The van der Waals surface area contributed by atoms with Gasteiger partial charge in [-0.25, -0.2) is 0 Å². The van der Waals surface area contributed by atoms with Crippen molar-refractivity contribution < 1.29 is 4.79 Å². The Morgan fingerprint density at radius 1 is 1.50 bits per heavy atom. The van der Waals surface area contributed by atoms with E-state index in [2.05, 4.69) is 21.2 Å². The van der Waals surface area contributed by atoms with Crippen molar-refractivity contribution in [2.45, 2.75) is 19.4 Å². The molecule has 1 aromatic carbocycles. The van der Waals surface area contributed by atoms with Gasteiger partial charge in [-0.3, -0.25) is 4.79 Å². The van der Waals surface area contributed by atoms with Gasteiger partial charge >= 0.3 is 0 Å². The molecule has 0 radical (unpaired) electrons. The van der Waals surface area contributed by atoms with Crippen LogP contribution in [0.3, 0.4) is 0 Å². The number of amides is 1. The minimum absolute atomic E-state index is 0.275. The normalized spacial score (nSPS) is 12.3. The van der Waals surface area contributed by atoms with Crippen LogP contribution in [0.15, 0.2) is 16.6 Å².